The van der Waals surface area contributed by atoms with Gasteiger partial charge in [0.1, 0.15) is 6.54 Å². The summed E-state index contributed by atoms with van der Waals surface area (Å²) in [6.07, 6.45) is 5.38. The summed E-state index contributed by atoms with van der Waals surface area (Å²) in [5, 5.41) is 5.45. The maximum atomic E-state index is 12.9. The molecule has 0 spiro atoms. The number of hydrogen-bond donors (Lipinski definition) is 2. The Morgan fingerprint density at radius 2 is 1.87 bits per heavy atom. The van der Waals surface area contributed by atoms with Crippen LogP contribution in [0.25, 0.3) is 0 Å². The van der Waals surface area contributed by atoms with Crippen LogP contribution in [0.3, 0.4) is 0 Å². The molecule has 1 saturated carbocycles. The summed E-state index contributed by atoms with van der Waals surface area (Å²) >= 11 is 0. The Kier molecular flexibility index (Phi) is 7.00. The fourth-order valence-corrected chi connectivity index (χ4v) is 3.45. The van der Waals surface area contributed by atoms with Crippen molar-refractivity contribution in [2.45, 2.75) is 38.6 Å². The molecule has 8 nitrogen and oxygen atoms in total. The molecule has 2 aromatic rings. The smallest absolute Gasteiger partial charge is 0.287 e. The Bertz CT molecular complexity index is 917. The minimum absolute atomic E-state index is 0.0897. The second-order valence-electron chi connectivity index (χ2n) is 7.30. The molecule has 0 bridgehead atoms. The Labute approximate surface area is 174 Å². The molecule has 158 valence electrons. The molecule has 0 saturated heterocycles. The highest BCUT2D eigenvalue weighted by atomic mass is 16.3. The van der Waals surface area contributed by atoms with Crippen LogP contribution in [0.1, 0.15) is 53.5 Å². The summed E-state index contributed by atoms with van der Waals surface area (Å²) in [4.78, 5) is 50.5. The number of carbonyl (C=O) groups excluding carboxylic acids is 4. The number of carbonyl (C=O) groups is 4. The first-order chi connectivity index (χ1) is 14.4. The summed E-state index contributed by atoms with van der Waals surface area (Å²) in [6.45, 7) is 0.912. The van der Waals surface area contributed by atoms with E-state index in [9.17, 15) is 19.2 Å². The van der Waals surface area contributed by atoms with E-state index in [1.807, 2.05) is 0 Å². The molecule has 1 aromatic heterocycles. The van der Waals surface area contributed by atoms with Crippen molar-refractivity contribution in [3.05, 3.63) is 54.0 Å². The molecule has 3 amide bonds. The van der Waals surface area contributed by atoms with E-state index >= 15 is 0 Å². The first kappa shape index (κ1) is 21.3. The summed E-state index contributed by atoms with van der Waals surface area (Å²) in [7, 11) is 0. The zero-order valence-electron chi connectivity index (χ0n) is 16.8. The third-order valence-corrected chi connectivity index (χ3v) is 5.03. The molecule has 0 atom stereocenters. The average molecular weight is 411 g/mol. The van der Waals surface area contributed by atoms with Gasteiger partial charge in [-0.05, 0) is 44.0 Å². The SMILES string of the molecule is CC(=O)c1cccc(N(CC(=O)NC2CCCC2)C(=O)CNC(=O)c2ccco2)c1. The third kappa shape index (κ3) is 5.56. The number of nitrogens with zero attached hydrogens (tertiary/aromatic N) is 1. The lowest BCUT2D eigenvalue weighted by atomic mass is 10.1. The van der Waals surface area contributed by atoms with Crippen LogP contribution in [0.4, 0.5) is 5.69 Å². The fraction of sp³-hybridized carbons (Fsp3) is 0.364. The zero-order chi connectivity index (χ0) is 21.5. The highest BCUT2D eigenvalue weighted by Crippen LogP contribution is 2.19. The monoisotopic (exact) mass is 411 g/mol. The van der Waals surface area contributed by atoms with E-state index < -0.39 is 11.8 Å². The number of ketones is 1. The molecule has 2 N–H and O–H groups in total. The van der Waals surface area contributed by atoms with Gasteiger partial charge < -0.3 is 20.0 Å². The first-order valence-electron chi connectivity index (χ1n) is 9.96. The number of nitrogens with one attached hydrogen (secondary N) is 2. The minimum Gasteiger partial charge on any atom is -0.459 e. The molecule has 30 heavy (non-hydrogen) atoms. The number of rotatable bonds is 8. The Morgan fingerprint density at radius 3 is 2.53 bits per heavy atom. The molecule has 1 fully saturated rings. The highest BCUT2D eigenvalue weighted by molar-refractivity contribution is 6.03. The number of furan rings is 1. The number of benzene rings is 1. The van der Waals surface area contributed by atoms with Gasteiger partial charge in [0.2, 0.25) is 11.8 Å². The molecule has 1 heterocycles. The lowest BCUT2D eigenvalue weighted by Gasteiger charge is -2.24. The largest absolute Gasteiger partial charge is 0.459 e. The van der Waals surface area contributed by atoms with Crippen molar-refractivity contribution in [3.63, 3.8) is 0 Å². The van der Waals surface area contributed by atoms with E-state index in [0.29, 0.717) is 11.3 Å². The van der Waals surface area contributed by atoms with Crippen molar-refractivity contribution >= 4 is 29.2 Å². The maximum Gasteiger partial charge on any atom is 0.287 e. The van der Waals surface area contributed by atoms with Crippen molar-refractivity contribution < 1.29 is 23.6 Å². The van der Waals surface area contributed by atoms with Gasteiger partial charge in [-0.25, -0.2) is 0 Å². The fourth-order valence-electron chi connectivity index (χ4n) is 3.45. The third-order valence-electron chi connectivity index (χ3n) is 5.03. The van der Waals surface area contributed by atoms with E-state index in [1.165, 1.54) is 24.2 Å². The molecule has 0 unspecified atom stereocenters. The van der Waals surface area contributed by atoms with Crippen LogP contribution in [0.2, 0.25) is 0 Å². The second kappa shape index (κ2) is 9.87. The molecule has 0 radical (unpaired) electrons. The van der Waals surface area contributed by atoms with Gasteiger partial charge in [0.05, 0.1) is 12.8 Å². The van der Waals surface area contributed by atoms with Crippen molar-refractivity contribution in [2.75, 3.05) is 18.0 Å². The van der Waals surface area contributed by atoms with E-state index in [1.54, 1.807) is 30.3 Å². The topological polar surface area (TPSA) is 109 Å². The minimum atomic E-state index is -0.527. The van der Waals surface area contributed by atoms with E-state index in [4.69, 9.17) is 4.42 Å². The van der Waals surface area contributed by atoms with Crippen molar-refractivity contribution in [1.82, 2.24) is 10.6 Å². The second-order valence-corrected chi connectivity index (χ2v) is 7.30. The van der Waals surface area contributed by atoms with Crippen molar-refractivity contribution in [3.8, 4) is 0 Å². The molecule has 0 aliphatic heterocycles. The van der Waals surface area contributed by atoms with Crippen LogP contribution in [0.5, 0.6) is 0 Å². The molecule has 1 aliphatic rings. The molecule has 8 heteroatoms. The van der Waals surface area contributed by atoms with Gasteiger partial charge in [0.25, 0.3) is 5.91 Å². The lowest BCUT2D eigenvalue weighted by molar-refractivity contribution is -0.123. The van der Waals surface area contributed by atoms with Gasteiger partial charge in [-0.1, -0.05) is 25.0 Å². The van der Waals surface area contributed by atoms with Gasteiger partial charge in [-0.15, -0.1) is 0 Å². The summed E-state index contributed by atoms with van der Waals surface area (Å²) < 4.78 is 5.02. The molecular weight excluding hydrogens is 386 g/mol. The van der Waals surface area contributed by atoms with Crippen LogP contribution in [0, 0.1) is 0 Å². The van der Waals surface area contributed by atoms with Crippen molar-refractivity contribution in [2.24, 2.45) is 0 Å². The molecule has 1 aliphatic carbocycles. The lowest BCUT2D eigenvalue weighted by Crippen LogP contribution is -2.47. The van der Waals surface area contributed by atoms with Crippen LogP contribution < -0.4 is 15.5 Å². The van der Waals surface area contributed by atoms with E-state index in [-0.39, 0.29) is 36.6 Å². The predicted octanol–water partition coefficient (Wildman–Crippen LogP) is 2.30. The van der Waals surface area contributed by atoms with Gasteiger partial charge in [0, 0.05) is 17.3 Å². The standard InChI is InChI=1S/C22H25N3O5/c1-15(26)16-6-4-9-18(12-16)25(14-20(27)24-17-7-2-3-8-17)21(28)13-23-22(29)19-10-5-11-30-19/h4-6,9-12,17H,2-3,7-8,13-14H2,1H3,(H,23,29)(H,24,27). The van der Waals surface area contributed by atoms with Gasteiger partial charge in [-0.2, -0.15) is 0 Å². The molecular formula is C22H25N3O5. The summed E-state index contributed by atoms with van der Waals surface area (Å²) in [5.41, 5.74) is 0.850. The van der Waals surface area contributed by atoms with Crippen LogP contribution in [-0.4, -0.2) is 42.6 Å². The number of anilines is 1. The molecule has 3 rings (SSSR count). The van der Waals surface area contributed by atoms with E-state index in [2.05, 4.69) is 10.6 Å². The summed E-state index contributed by atoms with van der Waals surface area (Å²) in [6, 6.07) is 9.71. The van der Waals surface area contributed by atoms with Gasteiger partial charge >= 0.3 is 0 Å². The van der Waals surface area contributed by atoms with Crippen LogP contribution in [-0.2, 0) is 9.59 Å². The quantitative estimate of drug-likeness (QED) is 0.648. The van der Waals surface area contributed by atoms with Crippen LogP contribution in [0.15, 0.2) is 47.1 Å². The normalized spacial score (nSPS) is 13.6. The maximum absolute atomic E-state index is 12.9. The average Bonchev–Trinajstić information content (AvgIpc) is 3.44. The van der Waals surface area contributed by atoms with E-state index in [0.717, 1.165) is 25.7 Å². The number of amides is 3. The highest BCUT2D eigenvalue weighted by Gasteiger charge is 2.23. The zero-order valence-corrected chi connectivity index (χ0v) is 16.8. The van der Waals surface area contributed by atoms with Gasteiger partial charge in [0.15, 0.2) is 11.5 Å². The Hall–Kier alpha value is -3.42. The summed E-state index contributed by atoms with van der Waals surface area (Å²) in [5.74, 6) is -1.34. The Morgan fingerprint density at radius 1 is 1.10 bits per heavy atom. The van der Waals surface area contributed by atoms with Crippen LogP contribution >= 0.6 is 0 Å². The predicted molar refractivity (Wildman–Crippen MR) is 110 cm³/mol. The first-order valence-corrected chi connectivity index (χ1v) is 9.96. The van der Waals surface area contributed by atoms with Gasteiger partial charge in [-0.3, -0.25) is 19.2 Å². The van der Waals surface area contributed by atoms with Crippen molar-refractivity contribution in [1.29, 1.82) is 0 Å². The number of Topliss-reactive ketones (excluding diaryl/α,β-unsaturated/α-hetero) is 1. The number of hydrogen-bond acceptors (Lipinski definition) is 5. The Balaban J connectivity index is 1.72. The molecule has 1 aromatic carbocycles.